The molecular weight excluding hydrogens is 476 g/mol. The number of anilines is 1. The maximum Gasteiger partial charge on any atom is 0.210 e. The van der Waals surface area contributed by atoms with E-state index in [1.165, 1.54) is 31.5 Å². The van der Waals surface area contributed by atoms with Crippen molar-refractivity contribution in [2.75, 3.05) is 5.32 Å². The summed E-state index contributed by atoms with van der Waals surface area (Å²) in [6, 6.07) is 7.55. The second-order valence-electron chi connectivity index (χ2n) is 8.89. The van der Waals surface area contributed by atoms with Gasteiger partial charge in [0.1, 0.15) is 29.8 Å². The van der Waals surface area contributed by atoms with Crippen molar-refractivity contribution in [3.8, 4) is 16.9 Å². The van der Waals surface area contributed by atoms with Crippen LogP contribution in [0.5, 0.6) is 5.75 Å². The van der Waals surface area contributed by atoms with Crippen LogP contribution < -0.4 is 10.1 Å². The minimum absolute atomic E-state index is 0.0221. The normalized spacial score (nSPS) is 21.0. The van der Waals surface area contributed by atoms with E-state index >= 15 is 0 Å². The molecule has 2 aliphatic heterocycles. The van der Waals surface area contributed by atoms with Crippen LogP contribution in [0.15, 0.2) is 52.7 Å². The number of nitrogens with one attached hydrogen (secondary N) is 1. The van der Waals surface area contributed by atoms with Crippen LogP contribution in [0.4, 0.5) is 14.7 Å². The van der Waals surface area contributed by atoms with Crippen molar-refractivity contribution in [1.29, 1.82) is 0 Å². The Kier molecular flexibility index (Phi) is 4.01. The number of ether oxygens (including phenoxy) is 1. The minimum atomic E-state index is -3.81. The largest absolute Gasteiger partial charge is 0.489 e. The summed E-state index contributed by atoms with van der Waals surface area (Å²) < 4.78 is 61.5. The first-order valence-corrected chi connectivity index (χ1v) is 12.5. The molecule has 11 heteroatoms. The fourth-order valence-corrected chi connectivity index (χ4v) is 6.33. The average molecular weight is 493 g/mol. The van der Waals surface area contributed by atoms with Gasteiger partial charge in [-0.3, -0.25) is 4.40 Å². The van der Waals surface area contributed by atoms with Crippen LogP contribution in [-0.4, -0.2) is 34.1 Å². The monoisotopic (exact) mass is 493 g/mol. The van der Waals surface area contributed by atoms with Crippen molar-refractivity contribution >= 4 is 27.3 Å². The summed E-state index contributed by atoms with van der Waals surface area (Å²) in [4.78, 5) is 4.12. The van der Waals surface area contributed by atoms with E-state index in [4.69, 9.17) is 4.74 Å². The molecule has 0 spiro atoms. The van der Waals surface area contributed by atoms with E-state index < -0.39 is 15.7 Å². The summed E-state index contributed by atoms with van der Waals surface area (Å²) in [5.41, 5.74) is 3.02. The van der Waals surface area contributed by atoms with Gasteiger partial charge in [0.2, 0.25) is 15.8 Å². The molecule has 2 aromatic heterocycles. The van der Waals surface area contributed by atoms with Crippen LogP contribution >= 0.6 is 0 Å². The predicted octanol–water partition coefficient (Wildman–Crippen LogP) is 4.24. The summed E-state index contributed by atoms with van der Waals surface area (Å²) in [5.74, 6) is 0.317. The Labute approximate surface area is 198 Å². The van der Waals surface area contributed by atoms with Gasteiger partial charge < -0.3 is 10.1 Å². The van der Waals surface area contributed by atoms with Crippen LogP contribution in [0, 0.1) is 5.82 Å². The number of hydrogen-bond donors (Lipinski definition) is 1. The molecule has 2 atom stereocenters. The number of hydrogen-bond acceptors (Lipinski definition) is 7. The highest BCUT2D eigenvalue weighted by atomic mass is 32.2. The highest BCUT2D eigenvalue weighted by Crippen LogP contribution is 2.55. The van der Waals surface area contributed by atoms with Gasteiger partial charge in [0.25, 0.3) is 0 Å². The van der Waals surface area contributed by atoms with Gasteiger partial charge in [-0.05, 0) is 43.2 Å². The lowest BCUT2D eigenvalue weighted by Crippen LogP contribution is -2.10. The Hall–Kier alpha value is -3.86. The summed E-state index contributed by atoms with van der Waals surface area (Å²) in [7, 11) is -3.81. The summed E-state index contributed by atoms with van der Waals surface area (Å²) >= 11 is 0. The van der Waals surface area contributed by atoms with E-state index in [2.05, 4.69) is 20.5 Å². The Balaban J connectivity index is 1.25. The smallest absolute Gasteiger partial charge is 0.210 e. The molecule has 1 fully saturated rings. The molecule has 4 aromatic rings. The fourth-order valence-electron chi connectivity index (χ4n) is 4.97. The van der Waals surface area contributed by atoms with Crippen molar-refractivity contribution in [1.82, 2.24) is 19.6 Å². The maximum atomic E-state index is 14.7. The molecule has 1 saturated carbocycles. The zero-order valence-electron chi connectivity index (χ0n) is 18.3. The number of rotatable bonds is 4. The third-order valence-corrected chi connectivity index (χ3v) is 8.85. The molecule has 1 N–H and O–H groups in total. The van der Waals surface area contributed by atoms with Gasteiger partial charge in [-0.2, -0.15) is 0 Å². The number of nitrogens with zero attached hydrogens (tertiary/aromatic N) is 4. The first kappa shape index (κ1) is 20.5. The molecule has 2 aromatic carbocycles. The van der Waals surface area contributed by atoms with Crippen molar-refractivity contribution in [3.05, 3.63) is 70.3 Å². The molecule has 0 saturated heterocycles. The molecule has 1 aliphatic carbocycles. The first-order valence-electron chi connectivity index (χ1n) is 11.0. The molecule has 0 bridgehead atoms. The van der Waals surface area contributed by atoms with Crippen molar-refractivity contribution in [2.45, 2.75) is 36.8 Å². The zero-order chi connectivity index (χ0) is 24.1. The van der Waals surface area contributed by atoms with E-state index in [-0.39, 0.29) is 39.7 Å². The third-order valence-electron chi connectivity index (χ3n) is 6.93. The number of fused-ring (bicyclic) bond motifs is 5. The predicted molar refractivity (Wildman–Crippen MR) is 123 cm³/mol. The number of aromatic nitrogens is 4. The molecule has 0 radical (unpaired) electrons. The van der Waals surface area contributed by atoms with Crippen molar-refractivity contribution < 1.29 is 21.9 Å². The molecule has 7 rings (SSSR count). The number of allylic oxidation sites excluding steroid dienone is 1. The topological polar surface area (TPSA) is 98.5 Å². The summed E-state index contributed by atoms with van der Waals surface area (Å²) in [5, 5.41) is 11.3. The Morgan fingerprint density at radius 2 is 2.06 bits per heavy atom. The van der Waals surface area contributed by atoms with E-state index in [0.29, 0.717) is 28.3 Å². The van der Waals surface area contributed by atoms with E-state index in [0.717, 1.165) is 17.7 Å². The fraction of sp³-hybridized carbons (Fsp3) is 0.208. The van der Waals surface area contributed by atoms with E-state index in [1.807, 2.05) is 0 Å². The number of halogens is 2. The van der Waals surface area contributed by atoms with Crippen molar-refractivity contribution in [2.24, 2.45) is 0 Å². The standard InChI is InChI=1S/C24H17F2N5O3S/c1-11-22(26)14-6-12(2-5-20(14)35(11,32)33)15-8-27-24(31-10-29-30-23(15)31)28-9-16-17(25)3-4-18-21(16)13-7-19(13)34-18/h2-6,8,10,13,19H,7,9H2,1H3,(H,27,28)/t13-,19+/m0/s1. The Morgan fingerprint density at radius 3 is 2.91 bits per heavy atom. The SMILES string of the molecule is CC1=C(F)c2cc(-c3cnc(NCc4c(F)ccc5c4[C@H]4C[C@H]4O5)n4cnnc34)ccc2S1(=O)=O. The van der Waals surface area contributed by atoms with Crippen LogP contribution in [0.2, 0.25) is 0 Å². The Bertz CT molecular complexity index is 1730. The van der Waals surface area contributed by atoms with Gasteiger partial charge >= 0.3 is 0 Å². The zero-order valence-corrected chi connectivity index (χ0v) is 19.1. The second-order valence-corrected chi connectivity index (χ2v) is 11.0. The maximum absolute atomic E-state index is 14.7. The molecule has 8 nitrogen and oxygen atoms in total. The second kappa shape index (κ2) is 6.85. The summed E-state index contributed by atoms with van der Waals surface area (Å²) in [6.45, 7) is 1.46. The van der Waals surface area contributed by atoms with Gasteiger partial charge in [0.05, 0.1) is 9.80 Å². The molecule has 4 heterocycles. The first-order chi connectivity index (χ1) is 16.8. The lowest BCUT2D eigenvalue weighted by molar-refractivity contribution is 0.318. The van der Waals surface area contributed by atoms with Gasteiger partial charge in [0.15, 0.2) is 5.65 Å². The average Bonchev–Trinajstić information content (AvgIpc) is 3.20. The quantitative estimate of drug-likeness (QED) is 0.454. The molecule has 3 aliphatic rings. The molecule has 35 heavy (non-hydrogen) atoms. The lowest BCUT2D eigenvalue weighted by atomic mass is 10.0. The van der Waals surface area contributed by atoms with Crippen LogP contribution in [-0.2, 0) is 16.4 Å². The van der Waals surface area contributed by atoms with Gasteiger partial charge in [-0.25, -0.2) is 22.2 Å². The molecule has 0 unspecified atom stereocenters. The lowest BCUT2D eigenvalue weighted by Gasteiger charge is -2.14. The van der Waals surface area contributed by atoms with Crippen LogP contribution in [0.3, 0.4) is 0 Å². The minimum Gasteiger partial charge on any atom is -0.489 e. The van der Waals surface area contributed by atoms with Crippen molar-refractivity contribution in [3.63, 3.8) is 0 Å². The molecular formula is C24H17F2N5O3S. The summed E-state index contributed by atoms with van der Waals surface area (Å²) in [6.07, 6.45) is 4.09. The van der Waals surface area contributed by atoms with Crippen LogP contribution in [0.1, 0.15) is 36.0 Å². The van der Waals surface area contributed by atoms with Gasteiger partial charge in [-0.15, -0.1) is 10.2 Å². The van der Waals surface area contributed by atoms with Crippen LogP contribution in [0.25, 0.3) is 22.6 Å². The van der Waals surface area contributed by atoms with E-state index in [1.54, 1.807) is 22.7 Å². The van der Waals surface area contributed by atoms with E-state index in [9.17, 15) is 17.2 Å². The molecule has 176 valence electrons. The highest BCUT2D eigenvalue weighted by Gasteiger charge is 2.49. The Morgan fingerprint density at radius 1 is 1.20 bits per heavy atom. The van der Waals surface area contributed by atoms with Gasteiger partial charge in [0, 0.05) is 40.9 Å². The third kappa shape index (κ3) is 2.81. The number of benzene rings is 2. The highest BCUT2D eigenvalue weighted by molar-refractivity contribution is 7.95. The number of sulfone groups is 1. The van der Waals surface area contributed by atoms with Gasteiger partial charge in [-0.1, -0.05) is 6.07 Å². The molecule has 0 amide bonds.